The molecular weight excluding hydrogens is 347 g/mol. The maximum absolute atomic E-state index is 13.4. The predicted octanol–water partition coefficient (Wildman–Crippen LogP) is 2.52. The van der Waals surface area contributed by atoms with E-state index < -0.39 is 0 Å². The van der Waals surface area contributed by atoms with Crippen LogP contribution in [0.5, 0.6) is 0 Å². The first-order chi connectivity index (χ1) is 13.1. The molecule has 27 heavy (non-hydrogen) atoms. The van der Waals surface area contributed by atoms with Gasteiger partial charge in [0.15, 0.2) is 0 Å². The lowest BCUT2D eigenvalue weighted by Gasteiger charge is -2.22. The number of nitrogens with one attached hydrogen (secondary N) is 1. The lowest BCUT2D eigenvalue weighted by atomic mass is 10.1. The number of likely N-dealkylation sites (tertiary alicyclic amines) is 1. The Morgan fingerprint density at radius 3 is 2.74 bits per heavy atom. The fourth-order valence-corrected chi connectivity index (χ4v) is 3.44. The molecule has 1 aromatic carbocycles. The van der Waals surface area contributed by atoms with Gasteiger partial charge in [-0.15, -0.1) is 0 Å². The van der Waals surface area contributed by atoms with E-state index in [4.69, 9.17) is 0 Å². The Bertz CT molecular complexity index is 945. The molecule has 1 N–H and O–H groups in total. The van der Waals surface area contributed by atoms with Crippen molar-refractivity contribution < 1.29 is 9.18 Å². The molecule has 1 fully saturated rings. The first kappa shape index (κ1) is 17.1. The topological polar surface area (TPSA) is 75.9 Å². The van der Waals surface area contributed by atoms with Crippen LogP contribution in [0.3, 0.4) is 0 Å². The van der Waals surface area contributed by atoms with E-state index in [0.29, 0.717) is 23.6 Å². The summed E-state index contributed by atoms with van der Waals surface area (Å²) in [7, 11) is 0. The van der Waals surface area contributed by atoms with Crippen molar-refractivity contribution in [2.75, 3.05) is 11.9 Å². The highest BCUT2D eigenvalue weighted by molar-refractivity contribution is 5.98. The summed E-state index contributed by atoms with van der Waals surface area (Å²) in [6.45, 7) is 2.52. The molecule has 0 saturated carbocycles. The van der Waals surface area contributed by atoms with Crippen molar-refractivity contribution >= 4 is 11.7 Å². The third-order valence-electron chi connectivity index (χ3n) is 4.68. The number of aromatic nitrogens is 4. The number of carbonyl (C=O) groups is 1. The van der Waals surface area contributed by atoms with Gasteiger partial charge in [0.1, 0.15) is 11.6 Å². The van der Waals surface area contributed by atoms with Gasteiger partial charge >= 0.3 is 0 Å². The van der Waals surface area contributed by atoms with E-state index in [9.17, 15) is 9.18 Å². The molecule has 0 bridgehead atoms. The third kappa shape index (κ3) is 3.51. The van der Waals surface area contributed by atoms with Gasteiger partial charge in [-0.25, -0.2) is 9.37 Å². The molecule has 1 amide bonds. The van der Waals surface area contributed by atoms with Crippen LogP contribution in [0, 0.1) is 5.82 Å². The number of carbonyl (C=O) groups excluding carboxylic acids is 1. The minimum absolute atomic E-state index is 0.00763. The monoisotopic (exact) mass is 366 g/mol. The molecule has 2 aromatic heterocycles. The van der Waals surface area contributed by atoms with Crippen LogP contribution in [0.15, 0.2) is 55.0 Å². The van der Waals surface area contributed by atoms with Gasteiger partial charge in [-0.05, 0) is 31.5 Å². The van der Waals surface area contributed by atoms with Crippen molar-refractivity contribution in [3.05, 3.63) is 66.4 Å². The molecule has 1 aliphatic heterocycles. The highest BCUT2D eigenvalue weighted by atomic mass is 19.1. The number of nitrogens with zero attached hydrogens (tertiary/aromatic N) is 5. The van der Waals surface area contributed by atoms with Crippen molar-refractivity contribution in [1.82, 2.24) is 24.9 Å². The zero-order valence-corrected chi connectivity index (χ0v) is 14.8. The van der Waals surface area contributed by atoms with Crippen LogP contribution in [0.1, 0.15) is 23.7 Å². The fourth-order valence-electron chi connectivity index (χ4n) is 3.44. The van der Waals surface area contributed by atoms with E-state index in [1.54, 1.807) is 18.5 Å². The van der Waals surface area contributed by atoms with Gasteiger partial charge in [0.05, 0.1) is 23.6 Å². The maximum Gasteiger partial charge on any atom is 0.256 e. The second-order valence-corrected chi connectivity index (χ2v) is 6.58. The van der Waals surface area contributed by atoms with Crippen LogP contribution in [0.4, 0.5) is 10.2 Å². The van der Waals surface area contributed by atoms with Gasteiger partial charge < -0.3 is 10.2 Å². The summed E-state index contributed by atoms with van der Waals surface area (Å²) in [6.07, 6.45) is 5.33. The summed E-state index contributed by atoms with van der Waals surface area (Å²) in [4.78, 5) is 20.6. The highest BCUT2D eigenvalue weighted by Crippen LogP contribution is 2.24. The number of hydrogen-bond donors (Lipinski definition) is 1. The Morgan fingerprint density at radius 1 is 1.19 bits per heavy atom. The molecule has 0 spiro atoms. The second-order valence-electron chi connectivity index (χ2n) is 6.58. The normalized spacial score (nSPS) is 19.3. The Hall–Kier alpha value is -3.29. The number of hydrogen-bond acceptors (Lipinski definition) is 5. The highest BCUT2D eigenvalue weighted by Gasteiger charge is 2.34. The summed E-state index contributed by atoms with van der Waals surface area (Å²) in [5.41, 5.74) is 1.19. The van der Waals surface area contributed by atoms with Crippen LogP contribution in [-0.4, -0.2) is 49.4 Å². The lowest BCUT2D eigenvalue weighted by Crippen LogP contribution is -2.35. The number of amides is 1. The molecule has 0 aliphatic carbocycles. The molecular formula is C19H19FN6O. The van der Waals surface area contributed by atoms with Gasteiger partial charge in [-0.1, -0.05) is 12.1 Å². The second kappa shape index (κ2) is 7.14. The van der Waals surface area contributed by atoms with E-state index in [1.165, 1.54) is 23.1 Å². The van der Waals surface area contributed by atoms with Crippen LogP contribution in [0.25, 0.3) is 5.69 Å². The SMILES string of the molecule is C[C@@H]1C[C@@H](Nc2cc(F)ccn2)CN1C(=O)c1ccccc1-n1nccn1. The van der Waals surface area contributed by atoms with E-state index in [0.717, 1.165) is 6.42 Å². The van der Waals surface area contributed by atoms with Crippen LogP contribution >= 0.6 is 0 Å². The van der Waals surface area contributed by atoms with Crippen LogP contribution in [0.2, 0.25) is 0 Å². The number of pyridine rings is 1. The molecule has 0 radical (unpaired) electrons. The molecule has 2 atom stereocenters. The first-order valence-corrected chi connectivity index (χ1v) is 8.76. The summed E-state index contributed by atoms with van der Waals surface area (Å²) in [5.74, 6) is 0.0571. The zero-order valence-electron chi connectivity index (χ0n) is 14.8. The number of anilines is 1. The van der Waals surface area contributed by atoms with Crippen LogP contribution in [-0.2, 0) is 0 Å². The quantitative estimate of drug-likeness (QED) is 0.768. The minimum Gasteiger partial charge on any atom is -0.365 e. The number of benzene rings is 1. The average molecular weight is 366 g/mol. The maximum atomic E-state index is 13.4. The third-order valence-corrected chi connectivity index (χ3v) is 4.68. The molecule has 8 heteroatoms. The minimum atomic E-state index is -0.341. The fraction of sp³-hybridized carbons (Fsp3) is 0.263. The number of para-hydroxylation sites is 1. The standard InChI is InChI=1S/C19H19FN6O/c1-13-10-15(24-18-11-14(20)6-7-21-18)12-25(13)19(27)16-4-2-3-5-17(16)26-22-8-9-23-26/h2-9,11,13,15H,10,12H2,1H3,(H,21,24)/t13-,15-/m1/s1. The van der Waals surface area contributed by atoms with Crippen molar-refractivity contribution in [1.29, 1.82) is 0 Å². The van der Waals surface area contributed by atoms with E-state index >= 15 is 0 Å². The molecule has 0 unspecified atom stereocenters. The van der Waals surface area contributed by atoms with Crippen molar-refractivity contribution in [2.45, 2.75) is 25.4 Å². The summed E-state index contributed by atoms with van der Waals surface area (Å²) < 4.78 is 13.4. The summed E-state index contributed by atoms with van der Waals surface area (Å²) in [6, 6.07) is 9.99. The van der Waals surface area contributed by atoms with Gasteiger partial charge in [-0.2, -0.15) is 15.0 Å². The molecule has 3 heterocycles. The van der Waals surface area contributed by atoms with E-state index in [-0.39, 0.29) is 23.8 Å². The van der Waals surface area contributed by atoms with E-state index in [2.05, 4.69) is 20.5 Å². The Balaban J connectivity index is 1.53. The van der Waals surface area contributed by atoms with Gasteiger partial charge in [0.2, 0.25) is 0 Å². The smallest absolute Gasteiger partial charge is 0.256 e. The summed E-state index contributed by atoms with van der Waals surface area (Å²) >= 11 is 0. The first-order valence-electron chi connectivity index (χ1n) is 8.76. The molecule has 3 aromatic rings. The number of rotatable bonds is 4. The Morgan fingerprint density at radius 2 is 1.96 bits per heavy atom. The van der Waals surface area contributed by atoms with Gasteiger partial charge in [0, 0.05) is 30.9 Å². The largest absolute Gasteiger partial charge is 0.365 e. The average Bonchev–Trinajstić information content (AvgIpc) is 3.31. The van der Waals surface area contributed by atoms with Crippen molar-refractivity contribution in [3.8, 4) is 5.69 Å². The van der Waals surface area contributed by atoms with Crippen molar-refractivity contribution in [2.24, 2.45) is 0 Å². The van der Waals surface area contributed by atoms with Crippen LogP contribution < -0.4 is 5.32 Å². The van der Waals surface area contributed by atoms with Gasteiger partial charge in [0.25, 0.3) is 5.91 Å². The Labute approximate surface area is 155 Å². The number of halogens is 1. The molecule has 7 nitrogen and oxygen atoms in total. The Kier molecular flexibility index (Phi) is 4.53. The molecule has 138 valence electrons. The van der Waals surface area contributed by atoms with Gasteiger partial charge in [-0.3, -0.25) is 4.79 Å². The lowest BCUT2D eigenvalue weighted by molar-refractivity contribution is 0.0746. The molecule has 1 saturated heterocycles. The predicted molar refractivity (Wildman–Crippen MR) is 98.1 cm³/mol. The molecule has 1 aliphatic rings. The zero-order chi connectivity index (χ0) is 18.8. The summed E-state index contributed by atoms with van der Waals surface area (Å²) in [5, 5.41) is 11.5. The van der Waals surface area contributed by atoms with Crippen molar-refractivity contribution in [3.63, 3.8) is 0 Å². The molecule has 4 rings (SSSR count). The van der Waals surface area contributed by atoms with E-state index in [1.807, 2.05) is 30.0 Å².